The van der Waals surface area contributed by atoms with Crippen LogP contribution in [-0.4, -0.2) is 75.0 Å². The Balaban J connectivity index is 1.25. The Kier molecular flexibility index (Phi) is 5.70. The predicted octanol–water partition coefficient (Wildman–Crippen LogP) is 1.91. The van der Waals surface area contributed by atoms with E-state index < -0.39 is 4.99 Å². The third kappa shape index (κ3) is 4.15. The number of thioether (sulfide) groups is 1. The van der Waals surface area contributed by atoms with Gasteiger partial charge in [0.2, 0.25) is 11.8 Å². The predicted molar refractivity (Wildman–Crippen MR) is 129 cm³/mol. The molecule has 5 rings (SSSR count). The second-order valence-electron chi connectivity index (χ2n) is 9.06. The van der Waals surface area contributed by atoms with Crippen molar-refractivity contribution in [2.24, 2.45) is 5.92 Å². The Morgan fingerprint density at radius 2 is 1.97 bits per heavy atom. The molecule has 1 aromatic heterocycles. The van der Waals surface area contributed by atoms with Gasteiger partial charge in [0.1, 0.15) is 5.69 Å². The number of benzene rings is 1. The minimum atomic E-state index is -0.696. The molecule has 0 aliphatic carbocycles. The number of likely N-dealkylation sites (tertiary alicyclic amines) is 2. The topological polar surface area (TPSA) is 97.5 Å². The van der Waals surface area contributed by atoms with Crippen molar-refractivity contribution < 1.29 is 14.4 Å². The van der Waals surface area contributed by atoms with E-state index in [4.69, 9.17) is 0 Å². The second-order valence-corrected chi connectivity index (χ2v) is 10.5. The molecule has 174 valence electrons. The number of piperidine rings is 1. The largest absolute Gasteiger partial charge is 0.351 e. The monoisotopic (exact) mass is 467 g/mol. The van der Waals surface area contributed by atoms with Crippen molar-refractivity contribution in [3.8, 4) is 0 Å². The Labute approximate surface area is 197 Å². The number of nitrogens with one attached hydrogen (secondary N) is 3. The van der Waals surface area contributed by atoms with Gasteiger partial charge in [-0.1, -0.05) is 24.3 Å². The zero-order valence-electron chi connectivity index (χ0n) is 18.8. The molecule has 3 unspecified atom stereocenters. The molecule has 3 aliphatic rings. The van der Waals surface area contributed by atoms with Gasteiger partial charge in [0.25, 0.3) is 5.91 Å². The molecule has 0 radical (unpaired) electrons. The van der Waals surface area contributed by atoms with E-state index in [2.05, 4.69) is 15.6 Å². The number of aromatic amines is 1. The standard InChI is InChI=1S/C24H29N5O3S/c1-3-9-24(27-22(31)17-12-29(13-17)15(2)30)26-19-8-10-28(14-21(19)33-24)23(32)20-11-16-6-4-5-7-18(16)25-20/h3-7,9,11,17,19,21,25-26H,8,10,12-14H2,1-2H3,(H,27,31)/b9-3+. The quantitative estimate of drug-likeness (QED) is 0.597. The highest BCUT2D eigenvalue weighted by Crippen LogP contribution is 2.40. The van der Waals surface area contributed by atoms with Crippen molar-refractivity contribution in [3.63, 3.8) is 0 Å². The summed E-state index contributed by atoms with van der Waals surface area (Å²) in [6.45, 7) is 5.68. The van der Waals surface area contributed by atoms with Gasteiger partial charge < -0.3 is 20.1 Å². The molecule has 33 heavy (non-hydrogen) atoms. The number of nitrogens with zero attached hydrogens (tertiary/aromatic N) is 2. The van der Waals surface area contributed by atoms with E-state index in [-0.39, 0.29) is 34.9 Å². The molecule has 3 saturated heterocycles. The summed E-state index contributed by atoms with van der Waals surface area (Å²) in [5, 5.41) is 7.99. The van der Waals surface area contributed by atoms with Gasteiger partial charge in [0, 0.05) is 55.3 Å². The van der Waals surface area contributed by atoms with Crippen LogP contribution in [0.3, 0.4) is 0 Å². The van der Waals surface area contributed by atoms with Crippen LogP contribution >= 0.6 is 11.8 Å². The summed E-state index contributed by atoms with van der Waals surface area (Å²) < 4.78 is 0. The summed E-state index contributed by atoms with van der Waals surface area (Å²) in [7, 11) is 0. The average Bonchev–Trinajstić information content (AvgIpc) is 3.32. The van der Waals surface area contributed by atoms with E-state index in [0.29, 0.717) is 31.9 Å². The fourth-order valence-electron chi connectivity index (χ4n) is 4.91. The molecule has 3 atom stereocenters. The van der Waals surface area contributed by atoms with Gasteiger partial charge in [0.15, 0.2) is 4.99 Å². The number of hydrogen-bond acceptors (Lipinski definition) is 5. The molecular weight excluding hydrogens is 438 g/mol. The van der Waals surface area contributed by atoms with Gasteiger partial charge in [-0.3, -0.25) is 19.7 Å². The van der Waals surface area contributed by atoms with Crippen LogP contribution in [0.1, 0.15) is 30.8 Å². The first kappa shape index (κ1) is 22.0. The molecule has 0 spiro atoms. The minimum Gasteiger partial charge on any atom is -0.351 e. The van der Waals surface area contributed by atoms with Crippen LogP contribution in [0, 0.1) is 5.92 Å². The lowest BCUT2D eigenvalue weighted by atomic mass is 9.99. The number of amides is 3. The molecule has 3 amide bonds. The highest BCUT2D eigenvalue weighted by Gasteiger charge is 2.49. The Morgan fingerprint density at radius 3 is 2.70 bits per heavy atom. The Morgan fingerprint density at radius 1 is 1.18 bits per heavy atom. The van der Waals surface area contributed by atoms with E-state index in [1.807, 2.05) is 54.3 Å². The molecule has 3 N–H and O–H groups in total. The smallest absolute Gasteiger partial charge is 0.270 e. The van der Waals surface area contributed by atoms with Crippen LogP contribution in [-0.2, 0) is 9.59 Å². The fraction of sp³-hybridized carbons (Fsp3) is 0.458. The zero-order valence-corrected chi connectivity index (χ0v) is 19.7. The highest BCUT2D eigenvalue weighted by molar-refractivity contribution is 8.01. The third-order valence-electron chi connectivity index (χ3n) is 6.75. The number of carbonyl (C=O) groups excluding carboxylic acids is 3. The van der Waals surface area contributed by atoms with Gasteiger partial charge in [-0.05, 0) is 31.6 Å². The maximum Gasteiger partial charge on any atom is 0.270 e. The number of hydrogen-bond donors (Lipinski definition) is 3. The SMILES string of the molecule is C/C=C/C1(NC(=O)C2CN(C(C)=O)C2)NC2CCN(C(=O)c3cc4ccccc4[nH]3)CC2S1. The maximum absolute atomic E-state index is 13.2. The lowest BCUT2D eigenvalue weighted by Gasteiger charge is -2.39. The van der Waals surface area contributed by atoms with Crippen LogP contribution in [0.4, 0.5) is 0 Å². The average molecular weight is 468 g/mol. The number of fused-ring (bicyclic) bond motifs is 2. The molecule has 1 aromatic carbocycles. The van der Waals surface area contributed by atoms with E-state index >= 15 is 0 Å². The minimum absolute atomic E-state index is 0.00123. The summed E-state index contributed by atoms with van der Waals surface area (Å²) in [5.74, 6) is -0.214. The molecule has 4 heterocycles. The van der Waals surface area contributed by atoms with Gasteiger partial charge in [-0.2, -0.15) is 0 Å². The number of aromatic nitrogens is 1. The molecule has 9 heteroatoms. The van der Waals surface area contributed by atoms with E-state index in [9.17, 15) is 14.4 Å². The molecule has 0 saturated carbocycles. The van der Waals surface area contributed by atoms with Gasteiger partial charge in [-0.25, -0.2) is 0 Å². The van der Waals surface area contributed by atoms with Gasteiger partial charge in [0.05, 0.1) is 5.92 Å². The van der Waals surface area contributed by atoms with Crippen molar-refractivity contribution in [2.45, 2.75) is 36.6 Å². The summed E-state index contributed by atoms with van der Waals surface area (Å²) in [6.07, 6.45) is 4.74. The van der Waals surface area contributed by atoms with E-state index in [0.717, 1.165) is 17.3 Å². The van der Waals surface area contributed by atoms with E-state index in [1.54, 1.807) is 16.7 Å². The number of rotatable bonds is 4. The van der Waals surface area contributed by atoms with Crippen molar-refractivity contribution in [3.05, 3.63) is 48.2 Å². The molecular formula is C24H29N5O3S. The molecule has 2 aromatic rings. The van der Waals surface area contributed by atoms with Crippen molar-refractivity contribution in [2.75, 3.05) is 26.2 Å². The lowest BCUT2D eigenvalue weighted by Crippen LogP contribution is -2.61. The summed E-state index contributed by atoms with van der Waals surface area (Å²) in [4.78, 5) is 43.6. The first-order valence-corrected chi connectivity index (χ1v) is 12.3. The normalized spacial score (nSPS) is 27.6. The third-order valence-corrected chi connectivity index (χ3v) is 8.26. The van der Waals surface area contributed by atoms with Crippen molar-refractivity contribution >= 4 is 40.4 Å². The van der Waals surface area contributed by atoms with Crippen LogP contribution in [0.15, 0.2) is 42.5 Å². The van der Waals surface area contributed by atoms with E-state index in [1.165, 1.54) is 6.92 Å². The zero-order chi connectivity index (χ0) is 23.2. The molecule has 3 fully saturated rings. The van der Waals surface area contributed by atoms with Crippen molar-refractivity contribution in [1.82, 2.24) is 25.4 Å². The van der Waals surface area contributed by atoms with Crippen LogP contribution < -0.4 is 10.6 Å². The lowest BCUT2D eigenvalue weighted by molar-refractivity contribution is -0.141. The van der Waals surface area contributed by atoms with Crippen LogP contribution in [0.25, 0.3) is 10.9 Å². The number of H-pyrrole nitrogens is 1. The fourth-order valence-corrected chi connectivity index (χ4v) is 6.60. The second kappa shape index (κ2) is 8.53. The molecule has 3 aliphatic heterocycles. The van der Waals surface area contributed by atoms with Gasteiger partial charge in [-0.15, -0.1) is 11.8 Å². The summed E-state index contributed by atoms with van der Waals surface area (Å²) in [5.41, 5.74) is 1.57. The first-order valence-electron chi connectivity index (χ1n) is 11.4. The highest BCUT2D eigenvalue weighted by atomic mass is 32.2. The maximum atomic E-state index is 13.2. The summed E-state index contributed by atoms with van der Waals surface area (Å²) in [6, 6.07) is 10.0. The summed E-state index contributed by atoms with van der Waals surface area (Å²) >= 11 is 1.66. The van der Waals surface area contributed by atoms with Crippen LogP contribution in [0.5, 0.6) is 0 Å². The first-order chi connectivity index (χ1) is 15.9. The van der Waals surface area contributed by atoms with Gasteiger partial charge >= 0.3 is 0 Å². The van der Waals surface area contributed by atoms with Crippen LogP contribution in [0.2, 0.25) is 0 Å². The number of carbonyl (C=O) groups is 3. The number of allylic oxidation sites excluding steroid dienone is 1. The molecule has 8 nitrogen and oxygen atoms in total. The van der Waals surface area contributed by atoms with Crippen molar-refractivity contribution in [1.29, 1.82) is 0 Å². The number of para-hydroxylation sites is 1. The Hall–Kier alpha value is -2.78. The molecule has 0 bridgehead atoms. The Bertz CT molecular complexity index is 1090.